The van der Waals surface area contributed by atoms with Gasteiger partial charge in [0.05, 0.1) is 11.0 Å². The van der Waals surface area contributed by atoms with E-state index in [1.54, 1.807) is 7.05 Å². The lowest BCUT2D eigenvalue weighted by molar-refractivity contribution is 0.0902. The Kier molecular flexibility index (Phi) is 4.38. The standard InChI is InChI=1S/C12H19N3O3S/c1-9(11-4-3-7-18-11)15-19(16,17)10-5-6-14-12(8-10)13-2/h5-6,8-9,11,15H,3-4,7H2,1-2H3,(H,13,14). The normalized spacial score (nSPS) is 21.3. The van der Waals surface area contributed by atoms with Crippen molar-refractivity contribution in [3.8, 4) is 0 Å². The maximum Gasteiger partial charge on any atom is 0.241 e. The van der Waals surface area contributed by atoms with Crippen LogP contribution >= 0.6 is 0 Å². The number of hydrogen-bond donors (Lipinski definition) is 2. The van der Waals surface area contributed by atoms with Gasteiger partial charge in [-0.05, 0) is 25.8 Å². The Hall–Kier alpha value is -1.18. The molecular weight excluding hydrogens is 266 g/mol. The molecule has 0 amide bonds. The van der Waals surface area contributed by atoms with Gasteiger partial charge in [0.25, 0.3) is 0 Å². The molecule has 1 aromatic heterocycles. The van der Waals surface area contributed by atoms with Gasteiger partial charge < -0.3 is 10.1 Å². The van der Waals surface area contributed by atoms with Crippen LogP contribution in [0.25, 0.3) is 0 Å². The Morgan fingerprint density at radius 3 is 2.95 bits per heavy atom. The van der Waals surface area contributed by atoms with Gasteiger partial charge in [-0.15, -0.1) is 0 Å². The van der Waals surface area contributed by atoms with Gasteiger partial charge in [-0.1, -0.05) is 0 Å². The smallest absolute Gasteiger partial charge is 0.241 e. The molecule has 1 aliphatic rings. The largest absolute Gasteiger partial charge is 0.377 e. The van der Waals surface area contributed by atoms with E-state index in [0.717, 1.165) is 12.8 Å². The maximum atomic E-state index is 12.2. The zero-order valence-electron chi connectivity index (χ0n) is 11.1. The molecule has 1 aromatic rings. The quantitative estimate of drug-likeness (QED) is 0.842. The molecule has 2 N–H and O–H groups in total. The van der Waals surface area contributed by atoms with Crippen LogP contribution in [0.15, 0.2) is 23.2 Å². The van der Waals surface area contributed by atoms with Crippen LogP contribution in [-0.2, 0) is 14.8 Å². The summed E-state index contributed by atoms with van der Waals surface area (Å²) >= 11 is 0. The third-order valence-electron chi connectivity index (χ3n) is 3.16. The predicted octanol–water partition coefficient (Wildman–Crippen LogP) is 0.969. The number of aromatic nitrogens is 1. The first-order valence-electron chi connectivity index (χ1n) is 6.30. The van der Waals surface area contributed by atoms with Gasteiger partial charge in [0, 0.05) is 32.0 Å². The summed E-state index contributed by atoms with van der Waals surface area (Å²) in [6.07, 6.45) is 3.30. The highest BCUT2D eigenvalue weighted by Crippen LogP contribution is 2.18. The number of anilines is 1. The van der Waals surface area contributed by atoms with E-state index in [0.29, 0.717) is 12.4 Å². The van der Waals surface area contributed by atoms with Gasteiger partial charge >= 0.3 is 0 Å². The first-order valence-corrected chi connectivity index (χ1v) is 7.79. The highest BCUT2D eigenvalue weighted by atomic mass is 32.2. The SMILES string of the molecule is CNc1cc(S(=O)(=O)NC(C)C2CCCO2)ccn1. The summed E-state index contributed by atoms with van der Waals surface area (Å²) in [7, 11) is -1.84. The summed E-state index contributed by atoms with van der Waals surface area (Å²) in [6.45, 7) is 2.53. The molecular formula is C12H19N3O3S. The van der Waals surface area contributed by atoms with Crippen LogP contribution in [0.2, 0.25) is 0 Å². The molecule has 2 rings (SSSR count). The summed E-state index contributed by atoms with van der Waals surface area (Å²) in [5.41, 5.74) is 0. The van der Waals surface area contributed by atoms with E-state index in [1.807, 2.05) is 6.92 Å². The van der Waals surface area contributed by atoms with E-state index in [9.17, 15) is 8.42 Å². The van der Waals surface area contributed by atoms with Crippen molar-refractivity contribution in [2.75, 3.05) is 19.0 Å². The van der Waals surface area contributed by atoms with Gasteiger partial charge in [-0.3, -0.25) is 0 Å². The number of nitrogens with zero attached hydrogens (tertiary/aromatic N) is 1. The zero-order valence-corrected chi connectivity index (χ0v) is 11.9. The summed E-state index contributed by atoms with van der Waals surface area (Å²) in [5, 5.41) is 2.82. The van der Waals surface area contributed by atoms with E-state index in [1.165, 1.54) is 18.3 Å². The van der Waals surface area contributed by atoms with Crippen LogP contribution in [0.1, 0.15) is 19.8 Å². The molecule has 19 heavy (non-hydrogen) atoms. The molecule has 1 fully saturated rings. The molecule has 0 bridgehead atoms. The van der Waals surface area contributed by atoms with Gasteiger partial charge in [0.2, 0.25) is 10.0 Å². The lowest BCUT2D eigenvalue weighted by Gasteiger charge is -2.20. The highest BCUT2D eigenvalue weighted by Gasteiger charge is 2.27. The predicted molar refractivity (Wildman–Crippen MR) is 72.5 cm³/mol. The highest BCUT2D eigenvalue weighted by molar-refractivity contribution is 7.89. The van der Waals surface area contributed by atoms with E-state index in [-0.39, 0.29) is 17.0 Å². The lowest BCUT2D eigenvalue weighted by Crippen LogP contribution is -2.40. The molecule has 0 aliphatic carbocycles. The summed E-state index contributed by atoms with van der Waals surface area (Å²) < 4.78 is 32.6. The monoisotopic (exact) mass is 285 g/mol. The van der Waals surface area contributed by atoms with Crippen molar-refractivity contribution < 1.29 is 13.2 Å². The van der Waals surface area contributed by atoms with Crippen molar-refractivity contribution in [3.63, 3.8) is 0 Å². The third kappa shape index (κ3) is 3.43. The fraction of sp³-hybridized carbons (Fsp3) is 0.583. The number of nitrogens with one attached hydrogen (secondary N) is 2. The van der Waals surface area contributed by atoms with Gasteiger partial charge in [-0.2, -0.15) is 0 Å². The van der Waals surface area contributed by atoms with Crippen LogP contribution in [0, 0.1) is 0 Å². The van der Waals surface area contributed by atoms with E-state index >= 15 is 0 Å². The van der Waals surface area contributed by atoms with Crippen LogP contribution < -0.4 is 10.0 Å². The molecule has 2 atom stereocenters. The third-order valence-corrected chi connectivity index (χ3v) is 4.72. The van der Waals surface area contributed by atoms with Crippen molar-refractivity contribution in [1.29, 1.82) is 0 Å². The number of hydrogen-bond acceptors (Lipinski definition) is 5. The molecule has 1 aliphatic heterocycles. The molecule has 7 heteroatoms. The average molecular weight is 285 g/mol. The van der Waals surface area contributed by atoms with Crippen molar-refractivity contribution >= 4 is 15.8 Å². The topological polar surface area (TPSA) is 80.3 Å². The Balaban J connectivity index is 2.12. The van der Waals surface area contributed by atoms with Gasteiger partial charge in [-0.25, -0.2) is 18.1 Å². The van der Waals surface area contributed by atoms with Crippen molar-refractivity contribution in [2.45, 2.75) is 36.8 Å². The molecule has 2 unspecified atom stereocenters. The van der Waals surface area contributed by atoms with Gasteiger partial charge in [0.1, 0.15) is 5.82 Å². The van der Waals surface area contributed by atoms with E-state index in [2.05, 4.69) is 15.0 Å². The first-order chi connectivity index (χ1) is 9.03. The molecule has 106 valence electrons. The number of ether oxygens (including phenoxy) is 1. The van der Waals surface area contributed by atoms with Gasteiger partial charge in [0.15, 0.2) is 0 Å². The fourth-order valence-electron chi connectivity index (χ4n) is 2.10. The first kappa shape index (κ1) is 14.2. The lowest BCUT2D eigenvalue weighted by atomic mass is 10.1. The minimum atomic E-state index is -3.54. The Morgan fingerprint density at radius 2 is 2.32 bits per heavy atom. The number of sulfonamides is 1. The number of rotatable bonds is 5. The minimum absolute atomic E-state index is 0.0413. The fourth-order valence-corrected chi connectivity index (χ4v) is 3.38. The summed E-state index contributed by atoms with van der Waals surface area (Å²) in [6, 6.07) is 2.74. The second-order valence-corrected chi connectivity index (χ2v) is 6.30. The molecule has 0 radical (unpaired) electrons. The molecule has 0 aromatic carbocycles. The molecule has 0 saturated carbocycles. The summed E-state index contributed by atoms with van der Waals surface area (Å²) in [4.78, 5) is 4.21. The average Bonchev–Trinajstić information content (AvgIpc) is 2.92. The van der Waals surface area contributed by atoms with E-state index in [4.69, 9.17) is 4.74 Å². The minimum Gasteiger partial charge on any atom is -0.377 e. The molecule has 0 spiro atoms. The molecule has 1 saturated heterocycles. The second-order valence-electron chi connectivity index (χ2n) is 4.59. The Morgan fingerprint density at radius 1 is 1.53 bits per heavy atom. The van der Waals surface area contributed by atoms with Crippen LogP contribution in [0.3, 0.4) is 0 Å². The maximum absolute atomic E-state index is 12.2. The van der Waals surface area contributed by atoms with Crippen LogP contribution in [0.4, 0.5) is 5.82 Å². The van der Waals surface area contributed by atoms with Crippen molar-refractivity contribution in [2.24, 2.45) is 0 Å². The zero-order chi connectivity index (χ0) is 13.9. The Bertz CT molecular complexity index is 527. The molecule has 6 nitrogen and oxygen atoms in total. The van der Waals surface area contributed by atoms with Crippen LogP contribution in [0.5, 0.6) is 0 Å². The second kappa shape index (κ2) is 5.85. The molecule has 2 heterocycles. The van der Waals surface area contributed by atoms with Crippen molar-refractivity contribution in [3.05, 3.63) is 18.3 Å². The summed E-state index contributed by atoms with van der Waals surface area (Å²) in [5.74, 6) is 0.521. The Labute approximate surface area is 113 Å². The van der Waals surface area contributed by atoms with Crippen molar-refractivity contribution in [1.82, 2.24) is 9.71 Å². The van der Waals surface area contributed by atoms with E-state index < -0.39 is 10.0 Å². The van der Waals surface area contributed by atoms with Crippen LogP contribution in [-0.4, -0.2) is 39.2 Å². The number of pyridine rings is 1.